The van der Waals surface area contributed by atoms with E-state index in [1.807, 2.05) is 12.1 Å². The van der Waals surface area contributed by atoms with E-state index in [9.17, 15) is 14.4 Å². The standard InChI is InChI=1S/C20H19N3O3/c24-18(21-14-9-12-5-1-2-6-13(12)10-14)11-17-20(26)22-16-8-4-3-7-15(16)19(25)23-17/h1-8,14,17H,9-11H2,(H,21,24)(H,22,26)(H,23,25)/t17-/m0/s1. The highest BCUT2D eigenvalue weighted by Gasteiger charge is 2.30. The first kappa shape index (κ1) is 16.3. The molecule has 6 nitrogen and oxygen atoms in total. The molecule has 0 saturated heterocycles. The van der Waals surface area contributed by atoms with E-state index in [1.54, 1.807) is 24.3 Å². The highest BCUT2D eigenvalue weighted by molar-refractivity contribution is 6.10. The van der Waals surface area contributed by atoms with Crippen LogP contribution in [-0.2, 0) is 22.4 Å². The number of hydrogen-bond donors (Lipinski definition) is 3. The van der Waals surface area contributed by atoms with E-state index in [1.165, 1.54) is 11.1 Å². The second-order valence-corrected chi connectivity index (χ2v) is 6.71. The van der Waals surface area contributed by atoms with Crippen molar-refractivity contribution in [3.8, 4) is 0 Å². The van der Waals surface area contributed by atoms with Crippen molar-refractivity contribution in [1.82, 2.24) is 10.6 Å². The number of anilines is 1. The summed E-state index contributed by atoms with van der Waals surface area (Å²) < 4.78 is 0. The van der Waals surface area contributed by atoms with Crippen molar-refractivity contribution in [2.24, 2.45) is 0 Å². The summed E-state index contributed by atoms with van der Waals surface area (Å²) in [5.41, 5.74) is 3.35. The number of para-hydroxylation sites is 1. The van der Waals surface area contributed by atoms with Gasteiger partial charge in [-0.1, -0.05) is 36.4 Å². The van der Waals surface area contributed by atoms with Gasteiger partial charge in [-0.3, -0.25) is 14.4 Å². The predicted molar refractivity (Wildman–Crippen MR) is 96.7 cm³/mol. The van der Waals surface area contributed by atoms with Gasteiger partial charge in [0, 0.05) is 6.04 Å². The number of carbonyl (C=O) groups excluding carboxylic acids is 3. The van der Waals surface area contributed by atoms with Crippen molar-refractivity contribution in [2.45, 2.75) is 31.3 Å². The Labute approximate surface area is 151 Å². The fraction of sp³-hybridized carbons (Fsp3) is 0.250. The van der Waals surface area contributed by atoms with Crippen LogP contribution in [0.4, 0.5) is 5.69 Å². The third-order valence-corrected chi connectivity index (χ3v) is 4.86. The summed E-state index contributed by atoms with van der Waals surface area (Å²) in [4.78, 5) is 37.1. The van der Waals surface area contributed by atoms with Gasteiger partial charge in [0.1, 0.15) is 6.04 Å². The minimum Gasteiger partial charge on any atom is -0.353 e. The average Bonchev–Trinajstić information content (AvgIpc) is 2.98. The Bertz CT molecular complexity index is 868. The maximum absolute atomic E-state index is 12.4. The van der Waals surface area contributed by atoms with Gasteiger partial charge in [-0.2, -0.15) is 0 Å². The van der Waals surface area contributed by atoms with E-state index in [0.29, 0.717) is 11.3 Å². The topological polar surface area (TPSA) is 87.3 Å². The van der Waals surface area contributed by atoms with Crippen LogP contribution in [0.25, 0.3) is 0 Å². The maximum atomic E-state index is 12.4. The molecule has 0 fully saturated rings. The van der Waals surface area contributed by atoms with Gasteiger partial charge in [-0.05, 0) is 36.1 Å². The van der Waals surface area contributed by atoms with E-state index >= 15 is 0 Å². The zero-order valence-electron chi connectivity index (χ0n) is 14.1. The third-order valence-electron chi connectivity index (χ3n) is 4.86. The molecule has 1 aliphatic heterocycles. The molecule has 3 amide bonds. The number of nitrogens with one attached hydrogen (secondary N) is 3. The minimum absolute atomic E-state index is 0.0293. The number of carbonyl (C=O) groups is 3. The SMILES string of the molecule is O=C(C[C@@H]1NC(=O)c2ccccc2NC1=O)NC1Cc2ccccc2C1. The van der Waals surface area contributed by atoms with Crippen LogP contribution in [-0.4, -0.2) is 29.8 Å². The third kappa shape index (κ3) is 3.18. The van der Waals surface area contributed by atoms with Crippen LogP contribution in [0.2, 0.25) is 0 Å². The lowest BCUT2D eigenvalue weighted by molar-refractivity contribution is -0.126. The van der Waals surface area contributed by atoms with Crippen LogP contribution in [0.5, 0.6) is 0 Å². The monoisotopic (exact) mass is 349 g/mol. The largest absolute Gasteiger partial charge is 0.353 e. The molecule has 2 aromatic rings. The summed E-state index contributed by atoms with van der Waals surface area (Å²) in [7, 11) is 0. The molecule has 1 heterocycles. The van der Waals surface area contributed by atoms with Crippen LogP contribution in [0.1, 0.15) is 27.9 Å². The molecule has 0 spiro atoms. The summed E-state index contributed by atoms with van der Waals surface area (Å²) in [5, 5.41) is 8.34. The zero-order chi connectivity index (χ0) is 18.1. The van der Waals surface area contributed by atoms with Crippen molar-refractivity contribution in [3.63, 3.8) is 0 Å². The molecule has 132 valence electrons. The lowest BCUT2D eigenvalue weighted by Crippen LogP contribution is -2.46. The van der Waals surface area contributed by atoms with E-state index in [0.717, 1.165) is 12.8 Å². The summed E-state index contributed by atoms with van der Waals surface area (Å²) in [6, 6.07) is 14.1. The van der Waals surface area contributed by atoms with Gasteiger partial charge in [0.05, 0.1) is 17.7 Å². The van der Waals surface area contributed by atoms with Crippen LogP contribution in [0.15, 0.2) is 48.5 Å². The number of fused-ring (bicyclic) bond motifs is 2. The highest BCUT2D eigenvalue weighted by atomic mass is 16.2. The van der Waals surface area contributed by atoms with E-state index in [4.69, 9.17) is 0 Å². The van der Waals surface area contributed by atoms with Gasteiger partial charge in [0.25, 0.3) is 5.91 Å². The maximum Gasteiger partial charge on any atom is 0.254 e. The molecule has 26 heavy (non-hydrogen) atoms. The lowest BCUT2D eigenvalue weighted by Gasteiger charge is -2.17. The van der Waals surface area contributed by atoms with Gasteiger partial charge < -0.3 is 16.0 Å². The fourth-order valence-corrected chi connectivity index (χ4v) is 3.59. The summed E-state index contributed by atoms with van der Waals surface area (Å²) >= 11 is 0. The Hall–Kier alpha value is -3.15. The van der Waals surface area contributed by atoms with Gasteiger partial charge >= 0.3 is 0 Å². The van der Waals surface area contributed by atoms with Crippen LogP contribution in [0.3, 0.4) is 0 Å². The van der Waals surface area contributed by atoms with Crippen LogP contribution >= 0.6 is 0 Å². The van der Waals surface area contributed by atoms with Crippen molar-refractivity contribution in [3.05, 3.63) is 65.2 Å². The molecule has 0 bridgehead atoms. The highest BCUT2D eigenvalue weighted by Crippen LogP contribution is 2.22. The van der Waals surface area contributed by atoms with Gasteiger partial charge in [0.15, 0.2) is 0 Å². The van der Waals surface area contributed by atoms with Gasteiger partial charge in [0.2, 0.25) is 11.8 Å². The predicted octanol–water partition coefficient (Wildman–Crippen LogP) is 1.41. The first-order valence-electron chi connectivity index (χ1n) is 8.67. The Morgan fingerprint density at radius 1 is 1.00 bits per heavy atom. The second kappa shape index (κ2) is 6.63. The quantitative estimate of drug-likeness (QED) is 0.783. The van der Waals surface area contributed by atoms with Crippen LogP contribution < -0.4 is 16.0 Å². The van der Waals surface area contributed by atoms with E-state index in [2.05, 4.69) is 28.1 Å². The molecular weight excluding hydrogens is 330 g/mol. The van der Waals surface area contributed by atoms with Crippen LogP contribution in [0, 0.1) is 0 Å². The summed E-state index contributed by atoms with van der Waals surface area (Å²) in [6.07, 6.45) is 1.49. The van der Waals surface area contributed by atoms with Crippen molar-refractivity contribution >= 4 is 23.4 Å². The molecule has 2 aromatic carbocycles. The van der Waals surface area contributed by atoms with E-state index < -0.39 is 6.04 Å². The fourth-order valence-electron chi connectivity index (χ4n) is 3.59. The Morgan fingerprint density at radius 3 is 2.38 bits per heavy atom. The first-order valence-corrected chi connectivity index (χ1v) is 8.67. The smallest absolute Gasteiger partial charge is 0.254 e. The number of amides is 3. The molecule has 0 aromatic heterocycles. The Morgan fingerprint density at radius 2 is 1.65 bits per heavy atom. The molecule has 3 N–H and O–H groups in total. The normalized spacial score (nSPS) is 19.0. The Kier molecular flexibility index (Phi) is 4.16. The zero-order valence-corrected chi connectivity index (χ0v) is 14.1. The number of benzene rings is 2. The van der Waals surface area contributed by atoms with Gasteiger partial charge in [-0.15, -0.1) is 0 Å². The average molecular weight is 349 g/mol. The van der Waals surface area contributed by atoms with Crippen molar-refractivity contribution in [2.75, 3.05) is 5.32 Å². The minimum atomic E-state index is -0.890. The second-order valence-electron chi connectivity index (χ2n) is 6.71. The molecule has 1 aliphatic carbocycles. The summed E-state index contributed by atoms with van der Waals surface area (Å²) in [6.45, 7) is 0. The van der Waals surface area contributed by atoms with E-state index in [-0.39, 0.29) is 30.2 Å². The molecule has 0 saturated carbocycles. The summed E-state index contributed by atoms with van der Waals surface area (Å²) in [5.74, 6) is -0.979. The molecule has 0 unspecified atom stereocenters. The molecule has 2 aliphatic rings. The number of hydrogen-bond acceptors (Lipinski definition) is 3. The molecule has 0 radical (unpaired) electrons. The molecule has 1 atom stereocenters. The molecule has 6 heteroatoms. The van der Waals surface area contributed by atoms with Crippen molar-refractivity contribution < 1.29 is 14.4 Å². The molecule has 4 rings (SSSR count). The van der Waals surface area contributed by atoms with Gasteiger partial charge in [-0.25, -0.2) is 0 Å². The Balaban J connectivity index is 1.39. The van der Waals surface area contributed by atoms with Crippen molar-refractivity contribution in [1.29, 1.82) is 0 Å². The number of rotatable bonds is 3. The molecular formula is C20H19N3O3. The first-order chi connectivity index (χ1) is 12.6. The lowest BCUT2D eigenvalue weighted by atomic mass is 10.1.